The maximum Gasteiger partial charge on any atom is 0.285 e. The average Bonchev–Trinajstić information content (AvgIpc) is 2.43. The van der Waals surface area contributed by atoms with Gasteiger partial charge in [-0.1, -0.05) is 11.6 Å². The maximum atomic E-state index is 11.5. The van der Waals surface area contributed by atoms with E-state index < -0.39 is 0 Å². The molecule has 7 heteroatoms. The highest BCUT2D eigenvalue weighted by molar-refractivity contribution is 8.00. The van der Waals surface area contributed by atoms with Gasteiger partial charge in [0.05, 0.1) is 11.9 Å². The summed E-state index contributed by atoms with van der Waals surface area (Å²) in [6, 6.07) is 0. The predicted molar refractivity (Wildman–Crippen MR) is 77.3 cm³/mol. The SMILES string of the molecule is O=c1[nH]ncc(N2CCSC3(CCOCC3)C2)c1Cl. The van der Waals surface area contributed by atoms with Gasteiger partial charge >= 0.3 is 0 Å². The molecular weight excluding hydrogens is 286 g/mol. The molecule has 0 radical (unpaired) electrons. The van der Waals surface area contributed by atoms with Gasteiger partial charge in [-0.15, -0.1) is 0 Å². The molecular formula is C12H16ClN3O2S. The van der Waals surface area contributed by atoms with E-state index in [1.807, 2.05) is 11.8 Å². The first kappa shape index (κ1) is 13.3. The van der Waals surface area contributed by atoms with Crippen LogP contribution in [-0.4, -0.2) is 47.0 Å². The Hall–Kier alpha value is -0.720. The number of aromatic nitrogens is 2. The zero-order valence-electron chi connectivity index (χ0n) is 10.5. The molecule has 1 spiro atoms. The second-order valence-electron chi connectivity index (χ2n) is 4.96. The normalized spacial score (nSPS) is 22.7. The number of aromatic amines is 1. The molecule has 3 heterocycles. The summed E-state index contributed by atoms with van der Waals surface area (Å²) in [5.74, 6) is 1.04. The Balaban J connectivity index is 1.85. The molecule has 104 valence electrons. The van der Waals surface area contributed by atoms with Gasteiger partial charge in [0.15, 0.2) is 0 Å². The Morgan fingerprint density at radius 1 is 1.47 bits per heavy atom. The van der Waals surface area contributed by atoms with Gasteiger partial charge in [-0.05, 0) is 12.8 Å². The van der Waals surface area contributed by atoms with Crippen molar-refractivity contribution in [1.82, 2.24) is 10.2 Å². The van der Waals surface area contributed by atoms with E-state index in [-0.39, 0.29) is 15.3 Å². The van der Waals surface area contributed by atoms with Crippen LogP contribution in [0, 0.1) is 0 Å². The van der Waals surface area contributed by atoms with Gasteiger partial charge < -0.3 is 9.64 Å². The molecule has 0 bridgehead atoms. The highest BCUT2D eigenvalue weighted by Gasteiger charge is 2.38. The Bertz CT molecular complexity index is 510. The summed E-state index contributed by atoms with van der Waals surface area (Å²) in [6.45, 7) is 3.45. The van der Waals surface area contributed by atoms with Crippen molar-refractivity contribution in [2.75, 3.05) is 37.0 Å². The zero-order chi connectivity index (χ0) is 13.3. The van der Waals surface area contributed by atoms with Crippen molar-refractivity contribution in [3.8, 4) is 0 Å². The van der Waals surface area contributed by atoms with Crippen LogP contribution in [0.5, 0.6) is 0 Å². The van der Waals surface area contributed by atoms with Crippen LogP contribution in [0.4, 0.5) is 5.69 Å². The third-order valence-electron chi connectivity index (χ3n) is 3.77. The van der Waals surface area contributed by atoms with Gasteiger partial charge in [0.25, 0.3) is 5.56 Å². The van der Waals surface area contributed by atoms with Crippen LogP contribution < -0.4 is 10.5 Å². The standard InChI is InChI=1S/C12H16ClN3O2S/c13-10-9(7-14-15-11(10)17)16-3-6-19-12(8-16)1-4-18-5-2-12/h7H,1-6,8H2,(H,15,17). The van der Waals surface area contributed by atoms with Crippen LogP contribution in [0.1, 0.15) is 12.8 Å². The van der Waals surface area contributed by atoms with Crippen LogP contribution in [0.2, 0.25) is 5.02 Å². The number of halogens is 1. The van der Waals surface area contributed by atoms with Crippen molar-refractivity contribution >= 4 is 29.1 Å². The van der Waals surface area contributed by atoms with E-state index >= 15 is 0 Å². The molecule has 0 aliphatic carbocycles. The molecule has 0 unspecified atom stereocenters. The van der Waals surface area contributed by atoms with Crippen LogP contribution in [0.25, 0.3) is 0 Å². The minimum Gasteiger partial charge on any atom is -0.381 e. The first-order valence-corrected chi connectivity index (χ1v) is 7.76. The summed E-state index contributed by atoms with van der Waals surface area (Å²) < 4.78 is 5.69. The van der Waals surface area contributed by atoms with Gasteiger partial charge in [-0.3, -0.25) is 4.79 Å². The predicted octanol–water partition coefficient (Wildman–Crippen LogP) is 1.53. The molecule has 5 nitrogen and oxygen atoms in total. The van der Waals surface area contributed by atoms with Crippen molar-refractivity contribution in [2.45, 2.75) is 17.6 Å². The Morgan fingerprint density at radius 2 is 2.26 bits per heavy atom. The molecule has 1 N–H and O–H groups in total. The third kappa shape index (κ3) is 2.61. The minimum atomic E-state index is -0.321. The smallest absolute Gasteiger partial charge is 0.285 e. The van der Waals surface area contributed by atoms with E-state index in [1.54, 1.807) is 6.20 Å². The van der Waals surface area contributed by atoms with E-state index in [0.717, 1.165) is 50.6 Å². The molecule has 0 saturated carbocycles. The summed E-state index contributed by atoms with van der Waals surface area (Å²) in [6.07, 6.45) is 3.76. The first-order chi connectivity index (χ1) is 9.20. The molecule has 2 fully saturated rings. The van der Waals surface area contributed by atoms with Crippen LogP contribution in [0.15, 0.2) is 11.0 Å². The Morgan fingerprint density at radius 3 is 3.05 bits per heavy atom. The van der Waals surface area contributed by atoms with E-state index in [2.05, 4.69) is 15.1 Å². The topological polar surface area (TPSA) is 58.2 Å². The summed E-state index contributed by atoms with van der Waals surface area (Å²) in [5.41, 5.74) is 0.426. The molecule has 1 aromatic heterocycles. The monoisotopic (exact) mass is 301 g/mol. The lowest BCUT2D eigenvalue weighted by Crippen LogP contribution is -2.49. The molecule has 2 aliphatic heterocycles. The van der Waals surface area contributed by atoms with Crippen LogP contribution >= 0.6 is 23.4 Å². The summed E-state index contributed by atoms with van der Waals surface area (Å²) in [5, 5.41) is 6.46. The largest absolute Gasteiger partial charge is 0.381 e. The zero-order valence-corrected chi connectivity index (χ0v) is 12.1. The highest BCUT2D eigenvalue weighted by atomic mass is 35.5. The number of ether oxygens (including phenoxy) is 1. The first-order valence-electron chi connectivity index (χ1n) is 6.40. The van der Waals surface area contributed by atoms with Gasteiger partial charge in [-0.2, -0.15) is 16.9 Å². The second kappa shape index (κ2) is 5.34. The maximum absolute atomic E-state index is 11.5. The molecule has 19 heavy (non-hydrogen) atoms. The number of H-pyrrole nitrogens is 1. The number of nitrogens with zero attached hydrogens (tertiary/aromatic N) is 2. The summed E-state index contributed by atoms with van der Waals surface area (Å²) in [7, 11) is 0. The van der Waals surface area contributed by atoms with Crippen molar-refractivity contribution in [3.05, 3.63) is 21.6 Å². The molecule has 3 rings (SSSR count). The fourth-order valence-electron chi connectivity index (χ4n) is 2.69. The van der Waals surface area contributed by atoms with Gasteiger partial charge in [0.1, 0.15) is 5.02 Å². The van der Waals surface area contributed by atoms with Gasteiger partial charge in [0, 0.05) is 36.8 Å². The van der Waals surface area contributed by atoms with Crippen molar-refractivity contribution in [2.24, 2.45) is 0 Å². The van der Waals surface area contributed by atoms with E-state index in [1.165, 1.54) is 0 Å². The quantitative estimate of drug-likeness (QED) is 0.852. The van der Waals surface area contributed by atoms with Crippen molar-refractivity contribution < 1.29 is 4.74 Å². The fraction of sp³-hybridized carbons (Fsp3) is 0.667. The lowest BCUT2D eigenvalue weighted by molar-refractivity contribution is 0.0782. The van der Waals surface area contributed by atoms with Gasteiger partial charge in [-0.25, -0.2) is 5.10 Å². The Kier molecular flexibility index (Phi) is 3.73. The highest BCUT2D eigenvalue weighted by Crippen LogP contribution is 2.40. The number of hydrogen-bond acceptors (Lipinski definition) is 5. The van der Waals surface area contributed by atoms with E-state index in [4.69, 9.17) is 16.3 Å². The van der Waals surface area contributed by atoms with E-state index in [0.29, 0.717) is 0 Å². The van der Waals surface area contributed by atoms with Crippen LogP contribution in [-0.2, 0) is 4.74 Å². The number of thioether (sulfide) groups is 1. The third-order valence-corrected chi connectivity index (χ3v) is 5.67. The summed E-state index contributed by atoms with van der Waals surface area (Å²) in [4.78, 5) is 13.7. The molecule has 0 aromatic carbocycles. The number of nitrogens with one attached hydrogen (secondary N) is 1. The van der Waals surface area contributed by atoms with Gasteiger partial charge in [0.2, 0.25) is 0 Å². The average molecular weight is 302 g/mol. The van der Waals surface area contributed by atoms with E-state index in [9.17, 15) is 4.79 Å². The lowest BCUT2D eigenvalue weighted by atomic mass is 9.97. The van der Waals surface area contributed by atoms with Crippen LogP contribution in [0.3, 0.4) is 0 Å². The molecule has 1 aromatic rings. The van der Waals surface area contributed by atoms with Crippen molar-refractivity contribution in [1.29, 1.82) is 0 Å². The lowest BCUT2D eigenvalue weighted by Gasteiger charge is -2.45. The summed E-state index contributed by atoms with van der Waals surface area (Å²) >= 11 is 8.12. The molecule has 0 atom stereocenters. The molecule has 2 aliphatic rings. The fourth-order valence-corrected chi connectivity index (χ4v) is 4.35. The minimum absolute atomic E-state index is 0.239. The molecule has 0 amide bonds. The Labute approximate surface area is 120 Å². The second-order valence-corrected chi connectivity index (χ2v) is 6.90. The molecule has 2 saturated heterocycles. The van der Waals surface area contributed by atoms with Crippen molar-refractivity contribution in [3.63, 3.8) is 0 Å². The number of rotatable bonds is 1. The number of anilines is 1. The number of hydrogen-bond donors (Lipinski definition) is 1.